The number of nitrogens with zero attached hydrogens (tertiary/aromatic N) is 1. The number of ether oxygens (including phenoxy) is 1. The van der Waals surface area contributed by atoms with Crippen LogP contribution in [0.2, 0.25) is 0 Å². The van der Waals surface area contributed by atoms with E-state index in [4.69, 9.17) is 4.74 Å². The van der Waals surface area contributed by atoms with Crippen molar-refractivity contribution < 1.29 is 17.9 Å². The Balaban J connectivity index is 1.37. The van der Waals surface area contributed by atoms with Gasteiger partial charge < -0.3 is 15.4 Å². The molecule has 0 unspecified atom stereocenters. The molecule has 0 aliphatic carbocycles. The summed E-state index contributed by atoms with van der Waals surface area (Å²) in [5.74, 6) is 0.828. The maximum atomic E-state index is 12.4. The topological polar surface area (TPSA) is 96.9 Å². The molecule has 1 saturated heterocycles. The molecule has 2 atom stereocenters. The van der Waals surface area contributed by atoms with Gasteiger partial charge in [0.25, 0.3) is 5.91 Å². The summed E-state index contributed by atoms with van der Waals surface area (Å²) in [6.45, 7) is 0. The minimum Gasteiger partial charge on any atom is -0.497 e. The molecular formula is C19H19N3O4S2. The van der Waals surface area contributed by atoms with E-state index < -0.39 is 9.84 Å². The summed E-state index contributed by atoms with van der Waals surface area (Å²) in [6.07, 6.45) is 0. The van der Waals surface area contributed by atoms with Crippen molar-refractivity contribution in [3.05, 3.63) is 54.1 Å². The van der Waals surface area contributed by atoms with Crippen LogP contribution >= 0.6 is 11.8 Å². The average Bonchev–Trinajstić information content (AvgIpc) is 3.15. The first-order valence-corrected chi connectivity index (χ1v) is 11.4. The fourth-order valence-electron chi connectivity index (χ4n) is 3.12. The van der Waals surface area contributed by atoms with E-state index >= 15 is 0 Å². The highest BCUT2D eigenvalue weighted by Gasteiger charge is 2.42. The van der Waals surface area contributed by atoms with E-state index in [9.17, 15) is 13.2 Å². The number of amidine groups is 1. The molecule has 0 saturated carbocycles. The molecule has 1 fully saturated rings. The molecule has 146 valence electrons. The molecular weight excluding hydrogens is 398 g/mol. The van der Waals surface area contributed by atoms with Gasteiger partial charge in [-0.25, -0.2) is 8.42 Å². The van der Waals surface area contributed by atoms with Crippen LogP contribution in [0.25, 0.3) is 0 Å². The SMILES string of the molecule is COc1ccc(NC(=O)c2ccc(NC3=N[C@@H]4CS(=O)(=O)C[C@H]4S3)cc2)cc1. The highest BCUT2D eigenvalue weighted by Crippen LogP contribution is 2.34. The van der Waals surface area contributed by atoms with Gasteiger partial charge in [0.05, 0.1) is 24.7 Å². The van der Waals surface area contributed by atoms with Crippen LogP contribution in [0, 0.1) is 0 Å². The summed E-state index contributed by atoms with van der Waals surface area (Å²) in [5.41, 5.74) is 2.02. The van der Waals surface area contributed by atoms with Gasteiger partial charge >= 0.3 is 0 Å². The van der Waals surface area contributed by atoms with E-state index in [1.54, 1.807) is 55.6 Å². The highest BCUT2D eigenvalue weighted by molar-refractivity contribution is 8.15. The second-order valence-corrected chi connectivity index (χ2v) is 10.0. The summed E-state index contributed by atoms with van der Waals surface area (Å²) in [5, 5.41) is 6.76. The molecule has 2 aliphatic rings. The quantitative estimate of drug-likeness (QED) is 0.794. The van der Waals surface area contributed by atoms with Crippen LogP contribution in [0.5, 0.6) is 5.75 Å². The van der Waals surface area contributed by atoms with Crippen LogP contribution in [0.1, 0.15) is 10.4 Å². The minimum absolute atomic E-state index is 0.00190. The van der Waals surface area contributed by atoms with Crippen molar-refractivity contribution in [2.75, 3.05) is 29.2 Å². The molecule has 0 aromatic heterocycles. The van der Waals surface area contributed by atoms with E-state index in [1.807, 2.05) is 0 Å². The van der Waals surface area contributed by atoms with Gasteiger partial charge in [0.2, 0.25) is 0 Å². The van der Waals surface area contributed by atoms with Crippen LogP contribution in [0.4, 0.5) is 11.4 Å². The number of carbonyl (C=O) groups excluding carboxylic acids is 1. The fourth-order valence-corrected chi connectivity index (χ4v) is 6.80. The van der Waals surface area contributed by atoms with Gasteiger partial charge in [-0.2, -0.15) is 0 Å². The molecule has 9 heteroatoms. The minimum atomic E-state index is -2.95. The number of thioether (sulfide) groups is 1. The Morgan fingerprint density at radius 1 is 1.07 bits per heavy atom. The summed E-state index contributed by atoms with van der Waals surface area (Å²) in [6, 6.07) is 14.0. The van der Waals surface area contributed by atoms with Crippen LogP contribution in [-0.2, 0) is 9.84 Å². The number of aliphatic imine (C=N–C) groups is 1. The molecule has 0 spiro atoms. The first kappa shape index (κ1) is 18.8. The number of nitrogens with one attached hydrogen (secondary N) is 2. The molecule has 2 heterocycles. The molecule has 28 heavy (non-hydrogen) atoms. The van der Waals surface area contributed by atoms with Crippen LogP contribution < -0.4 is 15.4 Å². The molecule has 2 N–H and O–H groups in total. The third-order valence-electron chi connectivity index (χ3n) is 4.56. The molecule has 1 amide bonds. The van der Waals surface area contributed by atoms with Gasteiger partial charge in [0.1, 0.15) is 5.75 Å². The molecule has 2 aliphatic heterocycles. The second kappa shape index (κ2) is 7.48. The largest absolute Gasteiger partial charge is 0.497 e. The summed E-state index contributed by atoms with van der Waals surface area (Å²) in [7, 11) is -1.36. The smallest absolute Gasteiger partial charge is 0.255 e. The number of fused-ring (bicyclic) bond motifs is 1. The summed E-state index contributed by atoms with van der Waals surface area (Å²) < 4.78 is 28.4. The summed E-state index contributed by atoms with van der Waals surface area (Å²) in [4.78, 5) is 16.8. The summed E-state index contributed by atoms with van der Waals surface area (Å²) >= 11 is 1.46. The van der Waals surface area contributed by atoms with Crippen molar-refractivity contribution in [1.29, 1.82) is 0 Å². The molecule has 4 rings (SSSR count). The van der Waals surface area contributed by atoms with Gasteiger partial charge in [-0.15, -0.1) is 0 Å². The Bertz CT molecular complexity index is 1020. The van der Waals surface area contributed by atoms with Crippen LogP contribution in [-0.4, -0.2) is 49.4 Å². The Hall–Kier alpha value is -2.52. The molecule has 2 aromatic carbocycles. The number of hydrogen-bond acceptors (Lipinski definition) is 7. The predicted molar refractivity (Wildman–Crippen MR) is 112 cm³/mol. The van der Waals surface area contributed by atoms with Gasteiger partial charge in [-0.1, -0.05) is 11.8 Å². The fraction of sp³-hybridized carbons (Fsp3) is 0.263. The van der Waals surface area contributed by atoms with Crippen molar-refractivity contribution in [3.63, 3.8) is 0 Å². The molecule has 0 radical (unpaired) electrons. The van der Waals surface area contributed by atoms with Gasteiger partial charge in [0.15, 0.2) is 15.0 Å². The maximum absolute atomic E-state index is 12.4. The Morgan fingerprint density at radius 3 is 2.39 bits per heavy atom. The molecule has 7 nitrogen and oxygen atoms in total. The third kappa shape index (κ3) is 4.15. The number of methoxy groups -OCH3 is 1. The normalized spacial score (nSPS) is 22.2. The molecule has 2 aromatic rings. The van der Waals surface area contributed by atoms with Crippen molar-refractivity contribution >= 4 is 44.0 Å². The van der Waals surface area contributed by atoms with E-state index in [-0.39, 0.29) is 28.7 Å². The molecule has 0 bridgehead atoms. The van der Waals surface area contributed by atoms with Crippen molar-refractivity contribution in [1.82, 2.24) is 0 Å². The van der Waals surface area contributed by atoms with Gasteiger partial charge in [-0.3, -0.25) is 9.79 Å². The highest BCUT2D eigenvalue weighted by atomic mass is 32.2. The number of hydrogen-bond donors (Lipinski definition) is 2. The lowest BCUT2D eigenvalue weighted by molar-refractivity contribution is 0.102. The number of amides is 1. The number of anilines is 2. The van der Waals surface area contributed by atoms with Crippen molar-refractivity contribution in [2.24, 2.45) is 4.99 Å². The van der Waals surface area contributed by atoms with Gasteiger partial charge in [-0.05, 0) is 48.5 Å². The van der Waals surface area contributed by atoms with E-state index in [0.717, 1.165) is 16.6 Å². The number of benzene rings is 2. The van der Waals surface area contributed by atoms with Gasteiger partial charge in [0, 0.05) is 22.2 Å². The van der Waals surface area contributed by atoms with E-state index in [0.29, 0.717) is 11.3 Å². The maximum Gasteiger partial charge on any atom is 0.255 e. The lowest BCUT2D eigenvalue weighted by Gasteiger charge is -2.09. The van der Waals surface area contributed by atoms with E-state index in [1.165, 1.54) is 11.8 Å². The Labute approximate surface area is 167 Å². The zero-order chi connectivity index (χ0) is 19.7. The van der Waals surface area contributed by atoms with Crippen molar-refractivity contribution in [2.45, 2.75) is 11.3 Å². The Morgan fingerprint density at radius 2 is 1.75 bits per heavy atom. The lowest BCUT2D eigenvalue weighted by Crippen LogP contribution is -2.13. The first-order valence-electron chi connectivity index (χ1n) is 8.69. The second-order valence-electron chi connectivity index (χ2n) is 6.62. The lowest BCUT2D eigenvalue weighted by atomic mass is 10.2. The van der Waals surface area contributed by atoms with Crippen LogP contribution in [0.15, 0.2) is 53.5 Å². The number of sulfone groups is 1. The zero-order valence-corrected chi connectivity index (χ0v) is 16.7. The number of carbonyl (C=O) groups is 1. The third-order valence-corrected chi connectivity index (χ3v) is 7.71. The number of rotatable bonds is 4. The Kier molecular flexibility index (Phi) is 5.03. The first-order chi connectivity index (χ1) is 13.4. The average molecular weight is 418 g/mol. The predicted octanol–water partition coefficient (Wildman–Crippen LogP) is 2.63. The van der Waals surface area contributed by atoms with Crippen molar-refractivity contribution in [3.8, 4) is 5.75 Å². The zero-order valence-electron chi connectivity index (χ0n) is 15.1. The monoisotopic (exact) mass is 417 g/mol. The van der Waals surface area contributed by atoms with E-state index in [2.05, 4.69) is 15.6 Å². The van der Waals surface area contributed by atoms with Crippen LogP contribution in [0.3, 0.4) is 0 Å². The standard InChI is InChI=1S/C19H19N3O4S2/c1-26-15-8-6-13(7-9-15)20-18(23)12-2-4-14(5-3-12)21-19-22-16-10-28(24,25)11-17(16)27-19/h2-9,16-17H,10-11H2,1H3,(H,20,23)(H,21,22)/t16-,17-/m1/s1.